The number of aryl methyl sites for hydroxylation is 1. The Balaban J connectivity index is 1.65. The van der Waals surface area contributed by atoms with Gasteiger partial charge < -0.3 is 10.6 Å². The van der Waals surface area contributed by atoms with Gasteiger partial charge >= 0.3 is 18.0 Å². The van der Waals surface area contributed by atoms with Crippen molar-refractivity contribution in [3.63, 3.8) is 0 Å². The maximum atomic E-state index is 14.6. The van der Waals surface area contributed by atoms with Crippen LogP contribution in [0.3, 0.4) is 0 Å². The molecule has 2 aliphatic rings. The van der Waals surface area contributed by atoms with Crippen LogP contribution in [0.25, 0.3) is 22.6 Å². The highest BCUT2D eigenvalue weighted by molar-refractivity contribution is 6.16. The fourth-order valence-electron chi connectivity index (χ4n) is 4.02. The van der Waals surface area contributed by atoms with Crippen LogP contribution in [0.2, 0.25) is 0 Å². The summed E-state index contributed by atoms with van der Waals surface area (Å²) in [6, 6.07) is 0.834. The van der Waals surface area contributed by atoms with E-state index in [1.807, 2.05) is 5.32 Å². The number of halogens is 8. The van der Waals surface area contributed by atoms with Gasteiger partial charge in [-0.05, 0) is 13.0 Å². The van der Waals surface area contributed by atoms with Gasteiger partial charge in [-0.2, -0.15) is 35.8 Å². The summed E-state index contributed by atoms with van der Waals surface area (Å²) in [5, 5.41) is 7.67. The van der Waals surface area contributed by atoms with Crippen LogP contribution < -0.4 is 10.6 Å². The molecule has 0 spiro atoms. The molecular weight excluding hydrogens is 510 g/mol. The number of hydrogen-bond donors (Lipinski definition) is 2. The van der Waals surface area contributed by atoms with Gasteiger partial charge in [0.05, 0.1) is 17.1 Å². The minimum atomic E-state index is -5.82. The summed E-state index contributed by atoms with van der Waals surface area (Å²) in [5.74, 6) is -14.6. The molecule has 0 fully saturated rings. The first-order valence-electron chi connectivity index (χ1n) is 9.98. The van der Waals surface area contributed by atoms with Crippen LogP contribution in [0.5, 0.6) is 0 Å². The number of nitrogens with zero attached hydrogens (tertiary/aromatic N) is 5. The average molecular weight is 521 g/mol. The van der Waals surface area contributed by atoms with Crippen molar-refractivity contribution >= 4 is 34.5 Å². The Bertz CT molecular complexity index is 1470. The van der Waals surface area contributed by atoms with Crippen molar-refractivity contribution < 1.29 is 44.7 Å². The second-order valence-electron chi connectivity index (χ2n) is 8.28. The topological polar surface area (TPSA) is 115 Å². The van der Waals surface area contributed by atoms with Crippen molar-refractivity contribution in [2.24, 2.45) is 0 Å². The third-order valence-corrected chi connectivity index (χ3v) is 6.06. The summed E-state index contributed by atoms with van der Waals surface area (Å²) in [6.45, 7) is -0.180. The lowest BCUT2D eigenvalue weighted by Gasteiger charge is -2.35. The van der Waals surface area contributed by atoms with E-state index in [0.717, 1.165) is 13.0 Å². The molecule has 5 heterocycles. The van der Waals surface area contributed by atoms with Gasteiger partial charge in [0.1, 0.15) is 23.1 Å². The molecule has 3 aromatic heterocycles. The summed E-state index contributed by atoms with van der Waals surface area (Å²) in [5.41, 5.74) is -3.73. The summed E-state index contributed by atoms with van der Waals surface area (Å²) >= 11 is 0. The SMILES string of the molecule is C[C@@]12C(=O)Nc3nc(-c4nn(CCC(F)(F)C(F)(F)F)c5ncc(F)cc45)nc(c31)NC(=O)C2(F)F. The first kappa shape index (κ1) is 23.8. The lowest BCUT2D eigenvalue weighted by molar-refractivity contribution is -0.285. The molecule has 2 N–H and O–H groups in total. The largest absolute Gasteiger partial charge is 0.453 e. The Morgan fingerprint density at radius 3 is 2.25 bits per heavy atom. The molecule has 0 radical (unpaired) electrons. The Morgan fingerprint density at radius 1 is 1.03 bits per heavy atom. The van der Waals surface area contributed by atoms with E-state index in [-0.39, 0.29) is 16.7 Å². The highest BCUT2D eigenvalue weighted by Gasteiger charge is 2.69. The summed E-state index contributed by atoms with van der Waals surface area (Å²) in [7, 11) is 0. The molecule has 5 rings (SSSR count). The number of rotatable bonds is 4. The number of fused-ring (bicyclic) bond motifs is 1. The number of aromatic nitrogens is 5. The quantitative estimate of drug-likeness (QED) is 0.509. The number of alkyl halides is 7. The zero-order chi connectivity index (χ0) is 26.4. The number of amides is 2. The molecule has 17 heteroatoms. The van der Waals surface area contributed by atoms with E-state index in [1.165, 1.54) is 0 Å². The Morgan fingerprint density at radius 2 is 1.64 bits per heavy atom. The number of carbonyl (C=O) groups excluding carboxylic acids is 2. The number of pyridine rings is 1. The molecule has 0 saturated carbocycles. The first-order valence-corrected chi connectivity index (χ1v) is 9.98. The van der Waals surface area contributed by atoms with Gasteiger partial charge in [-0.25, -0.2) is 24.0 Å². The van der Waals surface area contributed by atoms with Crippen molar-refractivity contribution in [1.82, 2.24) is 24.7 Å². The number of anilines is 2. The molecule has 9 nitrogen and oxygen atoms in total. The fourth-order valence-corrected chi connectivity index (χ4v) is 4.02. The molecule has 0 aromatic carbocycles. The Labute approximate surface area is 193 Å². The van der Waals surface area contributed by atoms with Gasteiger partial charge in [0.2, 0.25) is 5.91 Å². The lowest BCUT2D eigenvalue weighted by Crippen LogP contribution is -2.58. The molecule has 36 heavy (non-hydrogen) atoms. The zero-order valence-corrected chi connectivity index (χ0v) is 17.6. The maximum Gasteiger partial charge on any atom is 0.453 e. The second kappa shape index (κ2) is 7.07. The standard InChI is InChI=1S/C19H11F8N7O2/c1-16-8-10(31-14(16)35)29-12(30-11(8)32-15(36)18(16,23)24)9-7-4-6(20)5-28-13(7)34(33-9)3-2-17(21,22)19(25,26)27/h4-5H,2-3H2,1H3,(H2,29,30,31,32,35,36)/t16-/m0/s1. The third-order valence-electron chi connectivity index (χ3n) is 6.06. The van der Waals surface area contributed by atoms with Crippen molar-refractivity contribution in [2.45, 2.75) is 43.3 Å². The van der Waals surface area contributed by atoms with Crippen LogP contribution in [0.1, 0.15) is 18.9 Å². The van der Waals surface area contributed by atoms with E-state index in [4.69, 9.17) is 0 Å². The smallest absolute Gasteiger partial charge is 0.309 e. The number of hydrogen-bond acceptors (Lipinski definition) is 6. The number of nitrogens with one attached hydrogen (secondary N) is 2. The molecule has 190 valence electrons. The predicted molar refractivity (Wildman–Crippen MR) is 104 cm³/mol. The fraction of sp³-hybridized carbons (Fsp3) is 0.368. The molecule has 2 amide bonds. The van der Waals surface area contributed by atoms with E-state index in [9.17, 15) is 44.7 Å². The highest BCUT2D eigenvalue weighted by Crippen LogP contribution is 2.53. The van der Waals surface area contributed by atoms with Crippen molar-refractivity contribution in [1.29, 1.82) is 0 Å². The minimum absolute atomic E-state index is 0.211. The maximum absolute atomic E-state index is 14.6. The van der Waals surface area contributed by atoms with Crippen LogP contribution in [-0.2, 0) is 21.5 Å². The minimum Gasteiger partial charge on any atom is -0.309 e. The van der Waals surface area contributed by atoms with Crippen molar-refractivity contribution in [2.75, 3.05) is 10.6 Å². The van der Waals surface area contributed by atoms with Crippen LogP contribution in [0.4, 0.5) is 46.8 Å². The molecule has 1 atom stereocenters. The van der Waals surface area contributed by atoms with Crippen LogP contribution >= 0.6 is 0 Å². The summed E-state index contributed by atoms with van der Waals surface area (Å²) < 4.78 is 108. The van der Waals surface area contributed by atoms with Gasteiger partial charge in [-0.3, -0.25) is 9.59 Å². The lowest BCUT2D eigenvalue weighted by atomic mass is 9.75. The highest BCUT2D eigenvalue weighted by atomic mass is 19.4. The van der Waals surface area contributed by atoms with E-state index in [0.29, 0.717) is 10.9 Å². The van der Waals surface area contributed by atoms with Gasteiger partial charge in [0.15, 0.2) is 16.9 Å². The average Bonchev–Trinajstić information content (AvgIpc) is 3.25. The normalized spacial score (nSPS) is 20.9. The molecule has 0 unspecified atom stereocenters. The Kier molecular flexibility index (Phi) is 4.67. The van der Waals surface area contributed by atoms with Crippen LogP contribution in [0, 0.1) is 5.82 Å². The van der Waals surface area contributed by atoms with Crippen molar-refractivity contribution in [3.05, 3.63) is 23.6 Å². The third kappa shape index (κ3) is 3.07. The van der Waals surface area contributed by atoms with E-state index in [1.54, 1.807) is 0 Å². The van der Waals surface area contributed by atoms with E-state index >= 15 is 0 Å². The summed E-state index contributed by atoms with van der Waals surface area (Å²) in [6.07, 6.45) is -6.87. The van der Waals surface area contributed by atoms with Crippen LogP contribution in [0.15, 0.2) is 12.3 Å². The molecule has 0 saturated heterocycles. The van der Waals surface area contributed by atoms with Gasteiger partial charge in [0, 0.05) is 13.0 Å². The van der Waals surface area contributed by atoms with Gasteiger partial charge in [-0.15, -0.1) is 0 Å². The zero-order valence-electron chi connectivity index (χ0n) is 17.6. The van der Waals surface area contributed by atoms with Gasteiger partial charge in [-0.1, -0.05) is 0 Å². The molecule has 0 bridgehead atoms. The monoisotopic (exact) mass is 521 g/mol. The molecule has 0 aliphatic carbocycles. The van der Waals surface area contributed by atoms with Crippen LogP contribution in [-0.4, -0.2) is 54.6 Å². The van der Waals surface area contributed by atoms with E-state index in [2.05, 4.69) is 25.4 Å². The first-order chi connectivity index (χ1) is 16.6. The Hall–Kier alpha value is -3.92. The molecular formula is C19H11F8N7O2. The molecule has 2 aliphatic heterocycles. The second-order valence-corrected chi connectivity index (χ2v) is 8.28. The predicted octanol–water partition coefficient (Wildman–Crippen LogP) is 3.41. The summed E-state index contributed by atoms with van der Waals surface area (Å²) in [4.78, 5) is 36.1. The van der Waals surface area contributed by atoms with Crippen molar-refractivity contribution in [3.8, 4) is 11.5 Å². The molecule has 3 aromatic rings. The van der Waals surface area contributed by atoms with Gasteiger partial charge in [0.25, 0.3) is 5.91 Å². The van der Waals surface area contributed by atoms with E-state index < -0.39 is 77.1 Å². The number of carbonyl (C=O) groups is 2.